The van der Waals surface area contributed by atoms with E-state index in [-0.39, 0.29) is 42.0 Å². The van der Waals surface area contributed by atoms with E-state index >= 15 is 0 Å². The Hall–Kier alpha value is -5.77. The molecule has 3 amide bonds. The summed E-state index contributed by atoms with van der Waals surface area (Å²) in [5.41, 5.74) is 1.39. The van der Waals surface area contributed by atoms with Crippen LogP contribution in [0.4, 0.5) is 15.3 Å². The summed E-state index contributed by atoms with van der Waals surface area (Å²) < 4.78 is 21.5. The summed E-state index contributed by atoms with van der Waals surface area (Å²) >= 11 is 1.19. The number of guanidine groups is 1. The van der Waals surface area contributed by atoms with Crippen LogP contribution in [-0.2, 0) is 36.8 Å². The van der Waals surface area contributed by atoms with Crippen LogP contribution in [0.2, 0.25) is 0 Å². The predicted molar refractivity (Wildman–Crippen MR) is 217 cm³/mol. The van der Waals surface area contributed by atoms with Crippen LogP contribution in [0.25, 0.3) is 0 Å². The van der Waals surface area contributed by atoms with Gasteiger partial charge >= 0.3 is 30.1 Å². The maximum absolute atomic E-state index is 13.6. The first kappa shape index (κ1) is 44.9. The Labute approximate surface area is 342 Å². The van der Waals surface area contributed by atoms with E-state index in [0.29, 0.717) is 29.2 Å². The molecule has 16 heteroatoms. The van der Waals surface area contributed by atoms with Crippen LogP contribution in [0.1, 0.15) is 123 Å². The number of carboxylic acids is 1. The van der Waals surface area contributed by atoms with Crippen LogP contribution in [-0.4, -0.2) is 76.3 Å². The number of nitrogens with one attached hydrogen (secondary N) is 2. The van der Waals surface area contributed by atoms with Gasteiger partial charge < -0.3 is 29.0 Å². The van der Waals surface area contributed by atoms with Crippen molar-refractivity contribution < 1.29 is 52.8 Å². The van der Waals surface area contributed by atoms with Crippen molar-refractivity contribution >= 4 is 59.0 Å². The van der Waals surface area contributed by atoms with E-state index in [0.717, 1.165) is 36.8 Å². The number of nitrogens with zero attached hydrogens (tertiary/aromatic N) is 2. The Bertz CT molecular complexity index is 1960. The summed E-state index contributed by atoms with van der Waals surface area (Å²) in [6.45, 7) is 12.0. The van der Waals surface area contributed by atoms with Gasteiger partial charge in [0.1, 0.15) is 28.4 Å². The largest absolute Gasteiger partial charge is 0.480 e. The smallest absolute Gasteiger partial charge is 0.414 e. The molecule has 3 N–H and O–H groups in total. The van der Waals surface area contributed by atoms with E-state index in [2.05, 4.69) is 15.6 Å². The number of rotatable bonds is 13. The molecule has 312 valence electrons. The number of esters is 2. The zero-order valence-corrected chi connectivity index (χ0v) is 34.8. The number of unbranched alkanes of at least 4 members (excludes halogenated alkanes) is 1. The van der Waals surface area contributed by atoms with Crippen LogP contribution in [0, 0.1) is 0 Å². The number of hydrogen-bond acceptors (Lipinski definition) is 12. The highest BCUT2D eigenvalue weighted by Crippen LogP contribution is 2.36. The number of carbonyl (C=O) groups is 6. The van der Waals surface area contributed by atoms with Gasteiger partial charge in [0.2, 0.25) is 11.9 Å². The molecule has 0 fully saturated rings. The summed E-state index contributed by atoms with van der Waals surface area (Å²) in [5, 5.41) is 16.1. The molecule has 15 nitrogen and oxygen atoms in total. The van der Waals surface area contributed by atoms with E-state index in [1.165, 1.54) is 40.5 Å². The number of amides is 3. The highest BCUT2D eigenvalue weighted by Gasteiger charge is 2.28. The first-order valence-corrected chi connectivity index (χ1v) is 19.9. The fraction of sp³-hybridized carbons (Fsp3) is 0.452. The molecule has 1 aliphatic rings. The van der Waals surface area contributed by atoms with E-state index in [1.807, 2.05) is 13.0 Å². The second-order valence-electron chi connectivity index (χ2n) is 15.8. The molecule has 1 heterocycles. The first-order chi connectivity index (χ1) is 27.3. The molecule has 3 aromatic rings. The zero-order valence-electron chi connectivity index (χ0n) is 34.0. The number of carbonyl (C=O) groups excluding carboxylic acids is 5. The Morgan fingerprint density at radius 1 is 0.897 bits per heavy atom. The molecule has 0 spiro atoms. The normalized spacial score (nSPS) is 13.6. The summed E-state index contributed by atoms with van der Waals surface area (Å²) in [4.78, 5) is 81.7. The number of hydrogen-bond donors (Lipinski definition) is 3. The lowest BCUT2D eigenvalue weighted by Crippen LogP contribution is -2.47. The molecule has 58 heavy (non-hydrogen) atoms. The molecule has 0 radical (unpaired) electrons. The van der Waals surface area contributed by atoms with Crippen LogP contribution in [0.3, 0.4) is 0 Å². The fourth-order valence-corrected chi connectivity index (χ4v) is 6.72. The Morgan fingerprint density at radius 3 is 2.16 bits per heavy atom. The second-order valence-corrected chi connectivity index (χ2v) is 16.7. The van der Waals surface area contributed by atoms with Gasteiger partial charge in [0.25, 0.3) is 0 Å². The van der Waals surface area contributed by atoms with Gasteiger partial charge in [-0.05, 0) is 138 Å². The standard InChI is InChI=1S/C42H52N4O11S/c1-8-9-19-54-37(51)33-20-26(25-58-33)23-46(24-35(48)49)34(47)22-29-12-10-11-28-21-31(17-18-32(28)29)55-36(50)27-13-15-30(16-14-27)43-38(44-39(52)56-41(2,3)4)45-40(53)57-42(5,6)7/h13-18,20-21,25,29H,8-12,19,22-24H2,1-7H3,(H,48,49)(H2,43,44,45,52,53). The minimum Gasteiger partial charge on any atom is -0.480 e. The maximum Gasteiger partial charge on any atom is 0.414 e. The third kappa shape index (κ3) is 14.6. The molecule has 1 aliphatic carbocycles. The van der Waals surface area contributed by atoms with Crippen LogP contribution < -0.4 is 15.4 Å². The van der Waals surface area contributed by atoms with Gasteiger partial charge in [0.05, 0.1) is 17.9 Å². The third-order valence-corrected chi connectivity index (χ3v) is 9.36. The van der Waals surface area contributed by atoms with Gasteiger partial charge in [-0.3, -0.25) is 20.2 Å². The lowest BCUT2D eigenvalue weighted by atomic mass is 9.80. The average Bonchev–Trinajstić information content (AvgIpc) is 3.58. The number of carboxylic acid groups (broad SMARTS) is 1. The van der Waals surface area contributed by atoms with Crippen molar-refractivity contribution in [2.24, 2.45) is 4.99 Å². The highest BCUT2D eigenvalue weighted by atomic mass is 32.1. The molecule has 2 aromatic carbocycles. The average molecular weight is 821 g/mol. The molecule has 1 aromatic heterocycles. The molecule has 1 unspecified atom stereocenters. The van der Waals surface area contributed by atoms with Crippen molar-refractivity contribution in [2.45, 2.75) is 111 Å². The van der Waals surface area contributed by atoms with E-state index in [9.17, 15) is 33.9 Å². The number of thiophene rings is 1. The topological polar surface area (TPSA) is 199 Å². The van der Waals surface area contributed by atoms with Crippen molar-refractivity contribution in [2.75, 3.05) is 13.2 Å². The summed E-state index contributed by atoms with van der Waals surface area (Å²) in [6, 6.07) is 12.9. The number of alkyl carbamates (subject to hydrolysis) is 2. The predicted octanol–water partition coefficient (Wildman–Crippen LogP) is 7.88. The van der Waals surface area contributed by atoms with E-state index in [1.54, 1.807) is 65.1 Å². The van der Waals surface area contributed by atoms with Gasteiger partial charge in [-0.25, -0.2) is 24.2 Å². The fourth-order valence-electron chi connectivity index (χ4n) is 5.92. The highest BCUT2D eigenvalue weighted by molar-refractivity contribution is 7.12. The van der Waals surface area contributed by atoms with Gasteiger partial charge in [0.15, 0.2) is 0 Å². The minimum absolute atomic E-state index is 0.0404. The lowest BCUT2D eigenvalue weighted by molar-refractivity contribution is -0.145. The van der Waals surface area contributed by atoms with Crippen LogP contribution >= 0.6 is 11.3 Å². The van der Waals surface area contributed by atoms with Crippen molar-refractivity contribution in [3.63, 3.8) is 0 Å². The van der Waals surface area contributed by atoms with Gasteiger partial charge in [-0.15, -0.1) is 11.3 Å². The number of aliphatic carboxylic acids is 1. The monoisotopic (exact) mass is 820 g/mol. The number of benzene rings is 2. The quantitative estimate of drug-likeness (QED) is 0.0378. The van der Waals surface area contributed by atoms with Gasteiger partial charge in [-0.1, -0.05) is 19.4 Å². The van der Waals surface area contributed by atoms with Gasteiger partial charge in [0, 0.05) is 13.0 Å². The molecule has 0 aliphatic heterocycles. The van der Waals surface area contributed by atoms with Crippen molar-refractivity contribution in [3.8, 4) is 5.75 Å². The number of aliphatic imine (C=N–C) groups is 1. The first-order valence-electron chi connectivity index (χ1n) is 19.1. The van der Waals surface area contributed by atoms with Crippen LogP contribution in [0.15, 0.2) is 58.9 Å². The summed E-state index contributed by atoms with van der Waals surface area (Å²) in [6.07, 6.45) is 2.26. The van der Waals surface area contributed by atoms with Crippen molar-refractivity contribution in [3.05, 3.63) is 81.0 Å². The second kappa shape index (κ2) is 20.1. The summed E-state index contributed by atoms with van der Waals surface area (Å²) in [7, 11) is 0. The van der Waals surface area contributed by atoms with E-state index in [4.69, 9.17) is 18.9 Å². The molecule has 0 bridgehead atoms. The van der Waals surface area contributed by atoms with E-state index < -0.39 is 47.8 Å². The molecule has 4 rings (SSSR count). The number of fused-ring (bicyclic) bond motifs is 1. The maximum atomic E-state index is 13.6. The lowest BCUT2D eigenvalue weighted by Gasteiger charge is -2.28. The Morgan fingerprint density at radius 2 is 1.55 bits per heavy atom. The minimum atomic E-state index is -1.14. The SMILES string of the molecule is CCCCOC(=O)c1cc(CN(CC(=O)O)C(=O)CC2CCCc3cc(OC(=O)c4ccc(N=C(NC(=O)OC(C)(C)C)NC(=O)OC(C)(C)C)cc4)ccc32)cs1. The molecular formula is C42H52N4O11S. The molecular weight excluding hydrogens is 769 g/mol. The van der Waals surface area contributed by atoms with Gasteiger partial charge in [-0.2, -0.15) is 0 Å². The molecule has 0 saturated heterocycles. The number of aryl methyl sites for hydroxylation is 1. The summed E-state index contributed by atoms with van der Waals surface area (Å²) in [5.74, 6) is -2.64. The molecule has 0 saturated carbocycles. The van der Waals surface area contributed by atoms with Crippen molar-refractivity contribution in [1.29, 1.82) is 0 Å². The van der Waals surface area contributed by atoms with Crippen molar-refractivity contribution in [1.82, 2.24) is 15.5 Å². The Kier molecular flexibility index (Phi) is 15.6. The van der Waals surface area contributed by atoms with Crippen LogP contribution in [0.5, 0.6) is 5.75 Å². The molecule has 1 atom stereocenters. The zero-order chi connectivity index (χ0) is 42.6. The Balaban J connectivity index is 1.41. The number of ether oxygens (including phenoxy) is 4. The third-order valence-electron chi connectivity index (χ3n) is 8.41.